The quantitative estimate of drug-likeness (QED) is 0.881. The lowest BCUT2D eigenvalue weighted by Crippen LogP contribution is -2.55. The summed E-state index contributed by atoms with van der Waals surface area (Å²) in [5.74, 6) is 0.560. The van der Waals surface area contributed by atoms with Crippen molar-refractivity contribution in [1.29, 1.82) is 0 Å². The smallest absolute Gasteiger partial charge is 0.251 e. The highest BCUT2D eigenvalue weighted by molar-refractivity contribution is 5.94. The van der Waals surface area contributed by atoms with Gasteiger partial charge in [-0.3, -0.25) is 4.79 Å². The average molecular weight is 297 g/mol. The molecule has 0 aliphatic carbocycles. The van der Waals surface area contributed by atoms with Crippen molar-refractivity contribution in [3.05, 3.63) is 34.9 Å². The van der Waals surface area contributed by atoms with Gasteiger partial charge in [0.15, 0.2) is 0 Å². The van der Waals surface area contributed by atoms with Gasteiger partial charge in [0.1, 0.15) is 0 Å². The van der Waals surface area contributed by atoms with Crippen LogP contribution < -0.4 is 10.6 Å². The summed E-state index contributed by atoms with van der Waals surface area (Å²) in [7, 11) is 0. The van der Waals surface area contributed by atoms with E-state index >= 15 is 0 Å². The molecule has 1 heterocycles. The van der Waals surface area contributed by atoms with E-state index in [2.05, 4.69) is 30.5 Å². The second kappa shape index (κ2) is 7.09. The van der Waals surface area contributed by atoms with Crippen molar-refractivity contribution in [3.8, 4) is 0 Å². The largest absolute Gasteiger partial charge is 0.347 e. The van der Waals surface area contributed by atoms with Gasteiger partial charge in [-0.2, -0.15) is 0 Å². The molecule has 1 aliphatic rings. The van der Waals surface area contributed by atoms with E-state index in [-0.39, 0.29) is 24.4 Å². The maximum atomic E-state index is 12.4. The van der Waals surface area contributed by atoms with Gasteiger partial charge in [0, 0.05) is 17.6 Å². The molecular formula is C16H25ClN2O. The molecule has 0 aromatic heterocycles. The molecular weight excluding hydrogens is 272 g/mol. The maximum Gasteiger partial charge on any atom is 0.251 e. The first-order valence-corrected chi connectivity index (χ1v) is 7.10. The molecule has 3 atom stereocenters. The number of aryl methyl sites for hydroxylation is 2. The van der Waals surface area contributed by atoms with Crippen molar-refractivity contribution in [3.63, 3.8) is 0 Å². The van der Waals surface area contributed by atoms with Crippen LogP contribution in [0.25, 0.3) is 0 Å². The fourth-order valence-corrected chi connectivity index (χ4v) is 2.95. The Morgan fingerprint density at radius 3 is 2.35 bits per heavy atom. The van der Waals surface area contributed by atoms with Crippen LogP contribution in [0, 0.1) is 19.8 Å². The van der Waals surface area contributed by atoms with E-state index in [9.17, 15) is 4.79 Å². The summed E-state index contributed by atoms with van der Waals surface area (Å²) in [6.45, 7) is 9.44. The van der Waals surface area contributed by atoms with Crippen molar-refractivity contribution < 1.29 is 4.79 Å². The molecule has 3 unspecified atom stereocenters. The minimum absolute atomic E-state index is 0. The predicted octanol–water partition coefficient (Wildman–Crippen LogP) is 2.84. The average Bonchev–Trinajstić information content (AvgIpc) is 2.32. The summed E-state index contributed by atoms with van der Waals surface area (Å²) < 4.78 is 0. The highest BCUT2D eigenvalue weighted by Gasteiger charge is 2.28. The fraction of sp³-hybridized carbons (Fsp3) is 0.562. The van der Waals surface area contributed by atoms with Crippen molar-refractivity contribution >= 4 is 18.3 Å². The lowest BCUT2D eigenvalue weighted by molar-refractivity contribution is 0.0897. The Labute approximate surface area is 127 Å². The van der Waals surface area contributed by atoms with Crippen molar-refractivity contribution in [2.75, 3.05) is 6.54 Å². The topological polar surface area (TPSA) is 41.1 Å². The molecule has 1 amide bonds. The zero-order valence-electron chi connectivity index (χ0n) is 12.7. The standard InChI is InChI=1S/C16H24N2O.ClH/c1-10-7-11(2)9-14(8-10)16(19)18-15-12(3)5-6-17-13(15)4;/h7-9,12-13,15,17H,5-6H2,1-4H3,(H,18,19);1H. The van der Waals surface area contributed by atoms with Crippen LogP contribution in [-0.2, 0) is 0 Å². The van der Waals surface area contributed by atoms with Crippen LogP contribution >= 0.6 is 12.4 Å². The van der Waals surface area contributed by atoms with Gasteiger partial charge in [-0.1, -0.05) is 24.1 Å². The van der Waals surface area contributed by atoms with Crippen LogP contribution in [0.4, 0.5) is 0 Å². The van der Waals surface area contributed by atoms with Crippen LogP contribution in [0.5, 0.6) is 0 Å². The monoisotopic (exact) mass is 296 g/mol. The second-order valence-electron chi connectivity index (χ2n) is 5.88. The molecule has 2 rings (SSSR count). The van der Waals surface area contributed by atoms with E-state index in [1.807, 2.05) is 26.0 Å². The molecule has 0 spiro atoms. The van der Waals surface area contributed by atoms with Crippen LogP contribution in [0.15, 0.2) is 18.2 Å². The summed E-state index contributed by atoms with van der Waals surface area (Å²) in [6.07, 6.45) is 1.11. The first-order chi connectivity index (χ1) is 8.97. The number of rotatable bonds is 2. The molecule has 0 bridgehead atoms. The summed E-state index contributed by atoms with van der Waals surface area (Å²) in [6, 6.07) is 6.53. The highest BCUT2D eigenvalue weighted by Crippen LogP contribution is 2.17. The third-order valence-corrected chi connectivity index (χ3v) is 4.00. The number of hydrogen-bond acceptors (Lipinski definition) is 2. The number of amides is 1. The molecule has 2 N–H and O–H groups in total. The zero-order valence-corrected chi connectivity index (χ0v) is 13.5. The number of benzene rings is 1. The van der Waals surface area contributed by atoms with E-state index in [0.29, 0.717) is 12.0 Å². The summed E-state index contributed by atoms with van der Waals surface area (Å²) in [5, 5.41) is 6.62. The zero-order chi connectivity index (χ0) is 14.0. The highest BCUT2D eigenvalue weighted by atomic mass is 35.5. The SMILES string of the molecule is Cc1cc(C)cc(C(=O)NC2C(C)CCNC2C)c1.Cl. The first-order valence-electron chi connectivity index (χ1n) is 7.10. The van der Waals surface area contributed by atoms with Crippen LogP contribution in [0.1, 0.15) is 41.8 Å². The van der Waals surface area contributed by atoms with Crippen molar-refractivity contribution in [1.82, 2.24) is 10.6 Å². The van der Waals surface area contributed by atoms with Gasteiger partial charge < -0.3 is 10.6 Å². The van der Waals surface area contributed by atoms with Gasteiger partial charge in [-0.15, -0.1) is 12.4 Å². The Balaban J connectivity index is 0.00000200. The summed E-state index contributed by atoms with van der Waals surface area (Å²) >= 11 is 0. The molecule has 0 saturated carbocycles. The van der Waals surface area contributed by atoms with E-state index in [1.54, 1.807) is 0 Å². The summed E-state index contributed by atoms with van der Waals surface area (Å²) in [5.41, 5.74) is 3.03. The Kier molecular flexibility index (Phi) is 6.03. The molecule has 1 aromatic rings. The first kappa shape index (κ1) is 17.0. The second-order valence-corrected chi connectivity index (χ2v) is 5.88. The van der Waals surface area contributed by atoms with Gasteiger partial charge in [0.05, 0.1) is 0 Å². The molecule has 20 heavy (non-hydrogen) atoms. The van der Waals surface area contributed by atoms with Gasteiger partial charge in [-0.05, 0) is 51.8 Å². The molecule has 0 radical (unpaired) electrons. The maximum absolute atomic E-state index is 12.4. The van der Waals surface area contributed by atoms with Gasteiger partial charge >= 0.3 is 0 Å². The van der Waals surface area contributed by atoms with Crippen molar-refractivity contribution in [2.45, 2.75) is 46.2 Å². The van der Waals surface area contributed by atoms with Crippen LogP contribution in [-0.4, -0.2) is 24.5 Å². The lowest BCUT2D eigenvalue weighted by Gasteiger charge is -2.36. The van der Waals surface area contributed by atoms with Gasteiger partial charge in [0.2, 0.25) is 0 Å². The Hall–Kier alpha value is -1.06. The molecule has 1 saturated heterocycles. The van der Waals surface area contributed by atoms with E-state index in [4.69, 9.17) is 0 Å². The fourth-order valence-electron chi connectivity index (χ4n) is 2.95. The Morgan fingerprint density at radius 1 is 1.20 bits per heavy atom. The number of carbonyl (C=O) groups is 1. The minimum Gasteiger partial charge on any atom is -0.347 e. The Morgan fingerprint density at radius 2 is 1.80 bits per heavy atom. The van der Waals surface area contributed by atoms with Crippen LogP contribution in [0.2, 0.25) is 0 Å². The third-order valence-electron chi connectivity index (χ3n) is 4.00. The molecule has 3 nitrogen and oxygen atoms in total. The van der Waals surface area contributed by atoms with E-state index in [1.165, 1.54) is 0 Å². The van der Waals surface area contributed by atoms with Crippen molar-refractivity contribution in [2.24, 2.45) is 5.92 Å². The van der Waals surface area contributed by atoms with Gasteiger partial charge in [0.25, 0.3) is 5.91 Å². The summed E-state index contributed by atoms with van der Waals surface area (Å²) in [4.78, 5) is 12.4. The number of carbonyl (C=O) groups excluding carboxylic acids is 1. The van der Waals surface area contributed by atoms with E-state index < -0.39 is 0 Å². The number of halogens is 1. The molecule has 1 aromatic carbocycles. The molecule has 112 valence electrons. The normalized spacial score (nSPS) is 25.7. The minimum atomic E-state index is 0. The Bertz CT molecular complexity index is 445. The lowest BCUT2D eigenvalue weighted by atomic mass is 9.89. The number of nitrogens with one attached hydrogen (secondary N) is 2. The third kappa shape index (κ3) is 3.97. The molecule has 1 aliphatic heterocycles. The number of hydrogen-bond donors (Lipinski definition) is 2. The van der Waals surface area contributed by atoms with Gasteiger partial charge in [-0.25, -0.2) is 0 Å². The van der Waals surface area contributed by atoms with Crippen LogP contribution in [0.3, 0.4) is 0 Å². The predicted molar refractivity (Wildman–Crippen MR) is 85.7 cm³/mol. The molecule has 1 fully saturated rings. The number of piperidine rings is 1. The molecule has 4 heteroatoms. The van der Waals surface area contributed by atoms with E-state index in [0.717, 1.165) is 29.7 Å².